The lowest BCUT2D eigenvalue weighted by molar-refractivity contribution is -0.133. The molecule has 1 N–H and O–H groups in total. The number of amides is 1. The normalized spacial score (nSPS) is 18.2. The topological polar surface area (TPSA) is 60.4 Å². The molecule has 3 rings (SSSR count). The van der Waals surface area contributed by atoms with Gasteiger partial charge in [0.05, 0.1) is 13.7 Å². The molecule has 2 heterocycles. The molecule has 1 amide bonds. The number of ether oxygens (including phenoxy) is 1. The van der Waals surface area contributed by atoms with Crippen LogP contribution in [0.4, 0.5) is 0 Å². The summed E-state index contributed by atoms with van der Waals surface area (Å²) in [7, 11) is 3.54. The zero-order valence-electron chi connectivity index (χ0n) is 20.1. The maximum Gasteiger partial charge on any atom is 0.236 e. The number of hydrogen-bond acceptors (Lipinski definition) is 4. The summed E-state index contributed by atoms with van der Waals surface area (Å²) in [6.07, 6.45) is 3.55. The van der Waals surface area contributed by atoms with Crippen LogP contribution in [0.1, 0.15) is 38.7 Å². The highest BCUT2D eigenvalue weighted by molar-refractivity contribution is 14.0. The molecule has 32 heavy (non-hydrogen) atoms. The van der Waals surface area contributed by atoms with Gasteiger partial charge in [-0.05, 0) is 37.0 Å². The van der Waals surface area contributed by atoms with Crippen LogP contribution >= 0.6 is 24.0 Å². The highest BCUT2D eigenvalue weighted by Gasteiger charge is 2.26. The number of aliphatic imine (C=N–C) groups is 1. The lowest BCUT2D eigenvalue weighted by Crippen LogP contribution is -2.55. The molecule has 0 bridgehead atoms. The van der Waals surface area contributed by atoms with Gasteiger partial charge in [-0.15, -0.1) is 24.0 Å². The number of piperidine rings is 1. The number of guanidine groups is 1. The van der Waals surface area contributed by atoms with Crippen molar-refractivity contribution in [2.45, 2.75) is 38.5 Å². The van der Waals surface area contributed by atoms with Crippen LogP contribution in [0.3, 0.4) is 0 Å². The zero-order chi connectivity index (χ0) is 22.3. The Kier molecular flexibility index (Phi) is 10.5. The number of nitrogens with zero attached hydrogens (tertiary/aromatic N) is 4. The van der Waals surface area contributed by atoms with E-state index in [1.54, 1.807) is 7.11 Å². The molecule has 2 aliphatic heterocycles. The van der Waals surface area contributed by atoms with Crippen molar-refractivity contribution in [3.05, 3.63) is 29.8 Å². The molecule has 0 saturated carbocycles. The van der Waals surface area contributed by atoms with Crippen LogP contribution in [0.25, 0.3) is 0 Å². The summed E-state index contributed by atoms with van der Waals surface area (Å²) in [4.78, 5) is 23.7. The fourth-order valence-electron chi connectivity index (χ4n) is 4.33. The largest absolute Gasteiger partial charge is 0.497 e. The fraction of sp³-hybridized carbons (Fsp3) is 0.667. The van der Waals surface area contributed by atoms with Crippen molar-refractivity contribution in [1.29, 1.82) is 0 Å². The summed E-state index contributed by atoms with van der Waals surface area (Å²) < 4.78 is 5.38. The van der Waals surface area contributed by atoms with E-state index in [2.05, 4.69) is 46.1 Å². The average molecular weight is 558 g/mol. The van der Waals surface area contributed by atoms with E-state index in [9.17, 15) is 4.79 Å². The minimum atomic E-state index is -0.0623. The number of nitrogens with one attached hydrogen (secondary N) is 1. The monoisotopic (exact) mass is 557 g/mol. The predicted octanol–water partition coefficient (Wildman–Crippen LogP) is 2.80. The molecule has 2 saturated heterocycles. The third-order valence-electron chi connectivity index (χ3n) is 6.49. The second-order valence-corrected chi connectivity index (χ2v) is 9.22. The Labute approximate surface area is 210 Å². The van der Waals surface area contributed by atoms with E-state index in [0.717, 1.165) is 70.4 Å². The van der Waals surface area contributed by atoms with Gasteiger partial charge in [-0.2, -0.15) is 0 Å². The third-order valence-corrected chi connectivity index (χ3v) is 6.49. The molecule has 2 aliphatic rings. The fourth-order valence-corrected chi connectivity index (χ4v) is 4.33. The Hall–Kier alpha value is -1.55. The molecule has 0 spiro atoms. The van der Waals surface area contributed by atoms with Crippen LogP contribution in [0.5, 0.6) is 5.75 Å². The Balaban J connectivity index is 0.00000363. The van der Waals surface area contributed by atoms with Crippen molar-refractivity contribution in [2.24, 2.45) is 4.99 Å². The molecule has 0 radical (unpaired) electrons. The van der Waals surface area contributed by atoms with Crippen LogP contribution in [-0.2, 0) is 10.2 Å². The van der Waals surface area contributed by atoms with Gasteiger partial charge >= 0.3 is 0 Å². The van der Waals surface area contributed by atoms with E-state index in [1.165, 1.54) is 12.0 Å². The molecule has 0 aromatic heterocycles. The Bertz CT molecular complexity index is 757. The lowest BCUT2D eigenvalue weighted by atomic mass is 9.84. The van der Waals surface area contributed by atoms with Crippen molar-refractivity contribution in [1.82, 2.24) is 20.0 Å². The van der Waals surface area contributed by atoms with Gasteiger partial charge in [0.1, 0.15) is 5.75 Å². The minimum absolute atomic E-state index is 0. The first-order chi connectivity index (χ1) is 14.9. The third kappa shape index (κ3) is 7.23. The lowest BCUT2D eigenvalue weighted by Gasteiger charge is -2.38. The van der Waals surface area contributed by atoms with E-state index < -0.39 is 0 Å². The first-order valence-corrected chi connectivity index (χ1v) is 11.5. The molecule has 180 valence electrons. The Morgan fingerprint density at radius 3 is 2.38 bits per heavy atom. The van der Waals surface area contributed by atoms with Gasteiger partial charge in [-0.3, -0.25) is 14.7 Å². The van der Waals surface area contributed by atoms with E-state index in [0.29, 0.717) is 6.54 Å². The molecule has 7 nitrogen and oxygen atoms in total. The molecule has 8 heteroatoms. The van der Waals surface area contributed by atoms with Crippen molar-refractivity contribution in [3.8, 4) is 5.75 Å². The molecule has 0 atom stereocenters. The number of benzene rings is 1. The van der Waals surface area contributed by atoms with E-state index >= 15 is 0 Å². The smallest absolute Gasteiger partial charge is 0.236 e. The number of piperazine rings is 1. The maximum atomic E-state index is 12.6. The van der Waals surface area contributed by atoms with Crippen LogP contribution in [0.15, 0.2) is 29.3 Å². The van der Waals surface area contributed by atoms with Gasteiger partial charge in [0.15, 0.2) is 5.96 Å². The average Bonchev–Trinajstić information content (AvgIpc) is 2.81. The quantitative estimate of drug-likeness (QED) is 0.331. The summed E-state index contributed by atoms with van der Waals surface area (Å²) >= 11 is 0. The van der Waals surface area contributed by atoms with Crippen LogP contribution in [-0.4, -0.2) is 93.1 Å². The predicted molar refractivity (Wildman–Crippen MR) is 141 cm³/mol. The van der Waals surface area contributed by atoms with Gasteiger partial charge in [-0.1, -0.05) is 26.0 Å². The number of methoxy groups -OCH3 is 1. The first kappa shape index (κ1) is 26.7. The van der Waals surface area contributed by atoms with E-state index in [-0.39, 0.29) is 35.3 Å². The van der Waals surface area contributed by atoms with Gasteiger partial charge in [0.2, 0.25) is 5.91 Å². The van der Waals surface area contributed by atoms with Crippen LogP contribution in [0, 0.1) is 0 Å². The Morgan fingerprint density at radius 2 is 1.75 bits per heavy atom. The van der Waals surface area contributed by atoms with E-state index in [1.807, 2.05) is 24.1 Å². The van der Waals surface area contributed by atoms with Crippen LogP contribution in [0.2, 0.25) is 0 Å². The highest BCUT2D eigenvalue weighted by atomic mass is 127. The minimum Gasteiger partial charge on any atom is -0.497 e. The molecule has 0 unspecified atom stereocenters. The maximum absolute atomic E-state index is 12.6. The van der Waals surface area contributed by atoms with Gasteiger partial charge in [0, 0.05) is 58.3 Å². The number of carbonyl (C=O) groups is 1. The van der Waals surface area contributed by atoms with Crippen molar-refractivity contribution >= 4 is 35.8 Å². The molecular weight excluding hydrogens is 517 g/mol. The molecule has 2 fully saturated rings. The van der Waals surface area contributed by atoms with Gasteiger partial charge in [-0.25, -0.2) is 0 Å². The summed E-state index contributed by atoms with van der Waals surface area (Å²) in [5.74, 6) is 2.10. The second kappa shape index (κ2) is 12.6. The number of hydrogen-bond donors (Lipinski definition) is 1. The number of likely N-dealkylation sites (tertiary alicyclic amines) is 1. The second-order valence-electron chi connectivity index (χ2n) is 9.22. The summed E-state index contributed by atoms with van der Waals surface area (Å²) in [6.45, 7) is 11.2. The number of carbonyl (C=O) groups excluding carboxylic acids is 1. The van der Waals surface area contributed by atoms with Crippen molar-refractivity contribution < 1.29 is 9.53 Å². The first-order valence-electron chi connectivity index (χ1n) is 11.5. The standard InChI is InChI=1S/C24H39N5O2.HI/c1-24(2,20-9-8-10-21(17-20)31-4)19-26-23(25-3)29-15-13-27(14-16-29)18-22(30)28-11-6-5-7-12-28;/h8-10,17H,5-7,11-16,18-19H2,1-4H3,(H,25,26);1H. The van der Waals surface area contributed by atoms with E-state index in [4.69, 9.17) is 4.74 Å². The summed E-state index contributed by atoms with van der Waals surface area (Å²) in [5, 5.41) is 3.56. The van der Waals surface area contributed by atoms with Crippen molar-refractivity contribution in [3.63, 3.8) is 0 Å². The van der Waals surface area contributed by atoms with Crippen LogP contribution < -0.4 is 10.1 Å². The molecular formula is C24H40IN5O2. The van der Waals surface area contributed by atoms with Gasteiger partial charge < -0.3 is 19.9 Å². The van der Waals surface area contributed by atoms with Crippen molar-refractivity contribution in [2.75, 3.05) is 66.5 Å². The molecule has 0 aliphatic carbocycles. The Morgan fingerprint density at radius 1 is 1.06 bits per heavy atom. The zero-order valence-corrected chi connectivity index (χ0v) is 22.4. The molecule has 1 aromatic rings. The number of rotatable bonds is 6. The highest BCUT2D eigenvalue weighted by Crippen LogP contribution is 2.25. The number of halogens is 1. The summed E-state index contributed by atoms with van der Waals surface area (Å²) in [5.41, 5.74) is 1.17. The SMILES string of the molecule is CN=C(NCC(C)(C)c1cccc(OC)c1)N1CCN(CC(=O)N2CCCCC2)CC1.I. The van der Waals surface area contributed by atoms with Gasteiger partial charge in [0.25, 0.3) is 0 Å². The summed E-state index contributed by atoms with van der Waals surface area (Å²) in [6, 6.07) is 8.25. The molecule has 1 aromatic carbocycles.